The van der Waals surface area contributed by atoms with Crippen LogP contribution >= 0.6 is 0 Å². The van der Waals surface area contributed by atoms with Crippen LogP contribution in [0.4, 0.5) is 29.3 Å². The van der Waals surface area contributed by atoms with Crippen LogP contribution in [0.2, 0.25) is 0 Å². The first kappa shape index (κ1) is 32.3. The van der Waals surface area contributed by atoms with Crippen LogP contribution in [-0.4, -0.2) is 72.6 Å². The number of para-hydroxylation sites is 2. The molecule has 1 aliphatic rings. The summed E-state index contributed by atoms with van der Waals surface area (Å²) < 4.78 is 50.7. The van der Waals surface area contributed by atoms with Gasteiger partial charge in [0.15, 0.2) is 0 Å². The molecule has 44 heavy (non-hydrogen) atoms. The number of rotatable bonds is 8. The Hall–Kier alpha value is -4.58. The predicted molar refractivity (Wildman–Crippen MR) is 160 cm³/mol. The topological polar surface area (TPSA) is 100 Å². The smallest absolute Gasteiger partial charge is 0.416 e. The molecule has 0 atom stereocenters. The number of nitrogens with one attached hydrogen (secondary N) is 2. The van der Waals surface area contributed by atoms with E-state index in [1.165, 1.54) is 24.3 Å². The molecular formula is C32H35F3N4O5. The summed E-state index contributed by atoms with van der Waals surface area (Å²) in [7, 11) is 0. The van der Waals surface area contributed by atoms with E-state index in [4.69, 9.17) is 9.47 Å². The third-order valence-electron chi connectivity index (χ3n) is 6.69. The van der Waals surface area contributed by atoms with Gasteiger partial charge in [-0.05, 0) is 63.2 Å². The van der Waals surface area contributed by atoms with Gasteiger partial charge in [0.05, 0.1) is 22.4 Å². The monoisotopic (exact) mass is 612 g/mol. The summed E-state index contributed by atoms with van der Waals surface area (Å²) in [4.78, 5) is 42.4. The Bertz CT molecular complexity index is 1480. The number of halogens is 3. The Balaban J connectivity index is 1.34. The lowest BCUT2D eigenvalue weighted by molar-refractivity contribution is -0.137. The van der Waals surface area contributed by atoms with Gasteiger partial charge in [-0.2, -0.15) is 13.2 Å². The van der Waals surface area contributed by atoms with Crippen LogP contribution in [0.15, 0.2) is 72.8 Å². The second kappa shape index (κ2) is 13.8. The van der Waals surface area contributed by atoms with Crippen molar-refractivity contribution in [2.24, 2.45) is 0 Å². The fraction of sp³-hybridized carbons (Fsp3) is 0.344. The van der Waals surface area contributed by atoms with Crippen molar-refractivity contribution in [2.75, 3.05) is 50.0 Å². The molecule has 3 aromatic carbocycles. The molecule has 3 amide bonds. The number of amides is 3. The summed E-state index contributed by atoms with van der Waals surface area (Å²) in [5.74, 6) is -0.856. The first-order valence-corrected chi connectivity index (χ1v) is 14.1. The van der Waals surface area contributed by atoms with Crippen molar-refractivity contribution in [3.8, 4) is 5.75 Å². The van der Waals surface area contributed by atoms with Crippen LogP contribution in [0.3, 0.4) is 0 Å². The third kappa shape index (κ3) is 8.96. The molecule has 0 bridgehead atoms. The van der Waals surface area contributed by atoms with Gasteiger partial charge in [0.2, 0.25) is 0 Å². The number of benzene rings is 3. The highest BCUT2D eigenvalue weighted by atomic mass is 19.4. The molecule has 3 aromatic rings. The SMILES string of the molecule is CC(C)(C)OC(=O)N1CCN(CCOc2ccccc2C(=O)Nc2ccccc2C(=O)Nc2cccc(C(F)(F)F)c2)CC1. The van der Waals surface area contributed by atoms with Crippen LogP contribution < -0.4 is 15.4 Å². The molecule has 12 heteroatoms. The first-order chi connectivity index (χ1) is 20.8. The van der Waals surface area contributed by atoms with Crippen molar-refractivity contribution in [1.29, 1.82) is 0 Å². The molecule has 0 aliphatic carbocycles. The van der Waals surface area contributed by atoms with Crippen molar-refractivity contribution in [3.05, 3.63) is 89.5 Å². The van der Waals surface area contributed by atoms with Gasteiger partial charge in [-0.25, -0.2) is 4.79 Å². The van der Waals surface area contributed by atoms with Gasteiger partial charge in [-0.1, -0.05) is 30.3 Å². The molecule has 234 valence electrons. The van der Waals surface area contributed by atoms with Gasteiger partial charge in [-0.15, -0.1) is 0 Å². The van der Waals surface area contributed by atoms with Crippen LogP contribution in [0, 0.1) is 0 Å². The highest BCUT2D eigenvalue weighted by molar-refractivity contribution is 6.13. The second-order valence-corrected chi connectivity index (χ2v) is 11.2. The van der Waals surface area contributed by atoms with E-state index in [0.717, 1.165) is 12.1 Å². The average Bonchev–Trinajstić information content (AvgIpc) is 2.97. The lowest BCUT2D eigenvalue weighted by atomic mass is 10.1. The zero-order valence-electron chi connectivity index (χ0n) is 24.7. The number of carbonyl (C=O) groups excluding carboxylic acids is 3. The Labute approximate surface area is 253 Å². The Kier molecular flexibility index (Phi) is 10.1. The van der Waals surface area contributed by atoms with E-state index in [1.54, 1.807) is 41.3 Å². The Morgan fingerprint density at radius 3 is 2.11 bits per heavy atom. The molecule has 0 aromatic heterocycles. The van der Waals surface area contributed by atoms with Crippen molar-refractivity contribution < 1.29 is 37.0 Å². The normalized spacial score (nSPS) is 14.1. The summed E-state index contributed by atoms with van der Waals surface area (Å²) in [5, 5.41) is 5.19. The summed E-state index contributed by atoms with van der Waals surface area (Å²) in [6.45, 7) is 8.76. The maximum absolute atomic E-state index is 13.3. The van der Waals surface area contributed by atoms with Gasteiger partial charge in [0.1, 0.15) is 18.0 Å². The molecule has 0 unspecified atom stereocenters. The molecule has 9 nitrogen and oxygen atoms in total. The fourth-order valence-electron chi connectivity index (χ4n) is 4.50. The molecule has 1 fully saturated rings. The minimum atomic E-state index is -4.56. The zero-order chi connectivity index (χ0) is 31.9. The van der Waals surface area contributed by atoms with E-state index in [1.807, 2.05) is 20.8 Å². The predicted octanol–water partition coefficient (Wildman–Crippen LogP) is 6.14. The second-order valence-electron chi connectivity index (χ2n) is 11.2. The largest absolute Gasteiger partial charge is 0.491 e. The summed E-state index contributed by atoms with van der Waals surface area (Å²) in [5.41, 5.74) is -0.979. The van der Waals surface area contributed by atoms with Gasteiger partial charge >= 0.3 is 12.3 Å². The van der Waals surface area contributed by atoms with Crippen molar-refractivity contribution in [1.82, 2.24) is 9.80 Å². The summed E-state index contributed by atoms with van der Waals surface area (Å²) >= 11 is 0. The van der Waals surface area contributed by atoms with E-state index < -0.39 is 29.2 Å². The number of piperazine rings is 1. The van der Waals surface area contributed by atoms with Crippen LogP contribution in [0.5, 0.6) is 5.75 Å². The molecule has 4 rings (SSSR count). The Morgan fingerprint density at radius 1 is 0.795 bits per heavy atom. The maximum Gasteiger partial charge on any atom is 0.416 e. The summed E-state index contributed by atoms with van der Waals surface area (Å²) in [6.07, 6.45) is -4.89. The molecule has 2 N–H and O–H groups in total. The minimum absolute atomic E-state index is 0.0315. The standard InChI is InChI=1S/C32H35F3N4O5/c1-31(2,3)44-30(42)39-17-15-38(16-18-39)19-20-43-27-14-7-5-12-25(27)29(41)37-26-13-6-4-11-24(26)28(40)36-23-10-8-9-22(21-23)32(33,34)35/h4-14,21H,15-20H2,1-3H3,(H,36,40)(H,37,41). The lowest BCUT2D eigenvalue weighted by Crippen LogP contribution is -2.50. The molecule has 1 saturated heterocycles. The van der Waals surface area contributed by atoms with Crippen molar-refractivity contribution >= 4 is 29.3 Å². The minimum Gasteiger partial charge on any atom is -0.491 e. The van der Waals surface area contributed by atoms with Crippen LogP contribution in [-0.2, 0) is 10.9 Å². The number of carbonyl (C=O) groups is 3. The van der Waals surface area contributed by atoms with Gasteiger partial charge in [0, 0.05) is 38.4 Å². The van der Waals surface area contributed by atoms with Crippen LogP contribution in [0.1, 0.15) is 47.1 Å². The van der Waals surface area contributed by atoms with Gasteiger partial charge in [0.25, 0.3) is 11.8 Å². The van der Waals surface area contributed by atoms with Crippen molar-refractivity contribution in [2.45, 2.75) is 32.5 Å². The van der Waals surface area contributed by atoms with E-state index in [2.05, 4.69) is 15.5 Å². The van der Waals surface area contributed by atoms with Gasteiger partial charge in [-0.3, -0.25) is 14.5 Å². The number of hydrogen-bond acceptors (Lipinski definition) is 6. The quantitative estimate of drug-likeness (QED) is 0.317. The Morgan fingerprint density at radius 2 is 1.43 bits per heavy atom. The number of alkyl halides is 3. The number of hydrogen-bond donors (Lipinski definition) is 2. The third-order valence-corrected chi connectivity index (χ3v) is 6.69. The van der Waals surface area contributed by atoms with E-state index in [0.29, 0.717) is 45.1 Å². The van der Waals surface area contributed by atoms with Gasteiger partial charge < -0.3 is 25.0 Å². The highest BCUT2D eigenvalue weighted by Crippen LogP contribution is 2.31. The highest BCUT2D eigenvalue weighted by Gasteiger charge is 2.31. The molecule has 1 aliphatic heterocycles. The number of ether oxygens (including phenoxy) is 2. The van der Waals surface area contributed by atoms with Crippen molar-refractivity contribution in [3.63, 3.8) is 0 Å². The molecule has 0 saturated carbocycles. The molecular weight excluding hydrogens is 577 g/mol. The molecule has 0 radical (unpaired) electrons. The zero-order valence-corrected chi connectivity index (χ0v) is 24.7. The molecule has 1 heterocycles. The average molecular weight is 613 g/mol. The van der Waals surface area contributed by atoms with E-state index in [-0.39, 0.29) is 28.6 Å². The fourth-order valence-corrected chi connectivity index (χ4v) is 4.50. The molecule has 0 spiro atoms. The first-order valence-electron chi connectivity index (χ1n) is 14.1. The lowest BCUT2D eigenvalue weighted by Gasteiger charge is -2.35. The van der Waals surface area contributed by atoms with E-state index in [9.17, 15) is 27.6 Å². The van der Waals surface area contributed by atoms with E-state index >= 15 is 0 Å². The number of nitrogens with zero attached hydrogens (tertiary/aromatic N) is 2. The van der Waals surface area contributed by atoms with Crippen LogP contribution in [0.25, 0.3) is 0 Å². The number of anilines is 2. The maximum atomic E-state index is 13.3. The summed E-state index contributed by atoms with van der Waals surface area (Å²) in [6, 6.07) is 17.2.